The number of benzene rings is 1. The van der Waals surface area contributed by atoms with Gasteiger partial charge in [-0.05, 0) is 58.0 Å². The van der Waals surface area contributed by atoms with E-state index in [4.69, 9.17) is 4.74 Å². The van der Waals surface area contributed by atoms with Crippen molar-refractivity contribution in [2.24, 2.45) is 0 Å². The molecular weight excluding hydrogens is 458 g/mol. The number of aromatic nitrogens is 1. The summed E-state index contributed by atoms with van der Waals surface area (Å²) in [5, 5.41) is 2.84. The third-order valence-corrected chi connectivity index (χ3v) is 6.00. The molecule has 0 bridgehead atoms. The number of piperazine rings is 1. The number of rotatable bonds is 4. The van der Waals surface area contributed by atoms with Gasteiger partial charge >= 0.3 is 0 Å². The van der Waals surface area contributed by atoms with Crippen LogP contribution in [-0.4, -0.2) is 78.6 Å². The molecule has 3 heterocycles. The maximum absolute atomic E-state index is 12.8. The lowest BCUT2D eigenvalue weighted by atomic mass is 10.1. The lowest BCUT2D eigenvalue weighted by molar-refractivity contribution is -0.126. The van der Waals surface area contributed by atoms with Crippen molar-refractivity contribution in [3.05, 3.63) is 53.9 Å². The number of halogens is 2. The summed E-state index contributed by atoms with van der Waals surface area (Å²) >= 11 is 0. The Balaban J connectivity index is 0.000000287. The van der Waals surface area contributed by atoms with Crippen molar-refractivity contribution in [2.75, 3.05) is 39.1 Å². The summed E-state index contributed by atoms with van der Waals surface area (Å²) in [4.78, 5) is 33.3. The summed E-state index contributed by atoms with van der Waals surface area (Å²) in [6.45, 7) is 6.39. The normalized spacial score (nSPS) is 22.2. The number of carbonyl (C=O) groups excluding carboxylic acids is 2. The van der Waals surface area contributed by atoms with Crippen LogP contribution < -0.4 is 10.1 Å². The van der Waals surface area contributed by atoms with Gasteiger partial charge < -0.3 is 24.6 Å². The van der Waals surface area contributed by atoms with Gasteiger partial charge in [0.2, 0.25) is 5.82 Å². The monoisotopic (exact) mass is 490 g/mol. The zero-order chi connectivity index (χ0) is 25.5. The molecular formula is C25H32F2N4O4. The summed E-state index contributed by atoms with van der Waals surface area (Å²) in [6, 6.07) is 7.26. The standard InChI is InChI=1S/C18H26N4O3.C7H6F2O/c1-12-11-21(3)8-9-22(12)18(24)15-10-14(6-7-19-15)20-17(23)16-5-4-13(2)25-16;1-10-6-4-2-3-5(8)7(6)9/h6-7,10,12-13,16H,4-5,8-9,11H2,1-3H3,(H,19,20,23);2-4H,1H3. The van der Waals surface area contributed by atoms with E-state index >= 15 is 0 Å². The van der Waals surface area contributed by atoms with Crippen LogP contribution in [0.5, 0.6) is 5.75 Å². The second-order valence-corrected chi connectivity index (χ2v) is 8.80. The smallest absolute Gasteiger partial charge is 0.272 e. The molecule has 2 aliphatic rings. The number of pyridine rings is 1. The van der Waals surface area contributed by atoms with Crippen molar-refractivity contribution in [3.8, 4) is 5.75 Å². The molecule has 2 aromatic rings. The Morgan fingerprint density at radius 2 is 1.94 bits per heavy atom. The third-order valence-electron chi connectivity index (χ3n) is 6.00. The van der Waals surface area contributed by atoms with Gasteiger partial charge in [-0.2, -0.15) is 4.39 Å². The number of hydrogen-bond donors (Lipinski definition) is 1. The highest BCUT2D eigenvalue weighted by Gasteiger charge is 2.29. The lowest BCUT2D eigenvalue weighted by Gasteiger charge is -2.38. The summed E-state index contributed by atoms with van der Waals surface area (Å²) < 4.78 is 34.9. The van der Waals surface area contributed by atoms with Crippen molar-refractivity contribution in [1.82, 2.24) is 14.8 Å². The van der Waals surface area contributed by atoms with E-state index < -0.39 is 17.7 Å². The van der Waals surface area contributed by atoms with Crippen molar-refractivity contribution < 1.29 is 27.8 Å². The van der Waals surface area contributed by atoms with Crippen molar-refractivity contribution in [3.63, 3.8) is 0 Å². The minimum atomic E-state index is -0.940. The number of nitrogens with zero attached hydrogens (tertiary/aromatic N) is 3. The molecule has 35 heavy (non-hydrogen) atoms. The zero-order valence-electron chi connectivity index (χ0n) is 20.5. The van der Waals surface area contributed by atoms with E-state index in [1.165, 1.54) is 19.2 Å². The average molecular weight is 491 g/mol. The largest absolute Gasteiger partial charge is 0.494 e. The quantitative estimate of drug-likeness (QED) is 0.708. The predicted octanol–water partition coefficient (Wildman–Crippen LogP) is 3.34. The summed E-state index contributed by atoms with van der Waals surface area (Å²) in [5.41, 5.74) is 0.934. The topological polar surface area (TPSA) is 84.0 Å². The third kappa shape index (κ3) is 6.95. The lowest BCUT2D eigenvalue weighted by Crippen LogP contribution is -2.52. The molecule has 2 amide bonds. The Hall–Kier alpha value is -3.11. The molecule has 4 rings (SSSR count). The van der Waals surface area contributed by atoms with Crippen LogP contribution in [0.15, 0.2) is 36.5 Å². The maximum atomic E-state index is 12.8. The van der Waals surface area contributed by atoms with Gasteiger partial charge in [0, 0.05) is 37.6 Å². The fourth-order valence-corrected chi connectivity index (χ4v) is 4.07. The number of amides is 2. The second kappa shape index (κ2) is 12.0. The average Bonchev–Trinajstić information content (AvgIpc) is 3.27. The molecule has 0 spiro atoms. The second-order valence-electron chi connectivity index (χ2n) is 8.80. The van der Waals surface area contributed by atoms with Crippen LogP contribution in [0.3, 0.4) is 0 Å². The van der Waals surface area contributed by atoms with Crippen LogP contribution in [0.1, 0.15) is 37.2 Å². The van der Waals surface area contributed by atoms with Crippen LogP contribution >= 0.6 is 0 Å². The first-order chi connectivity index (χ1) is 16.7. The molecule has 2 fully saturated rings. The van der Waals surface area contributed by atoms with E-state index in [-0.39, 0.29) is 29.7 Å². The Kier molecular flexibility index (Phi) is 9.11. The Labute approximate surface area is 204 Å². The predicted molar refractivity (Wildman–Crippen MR) is 127 cm³/mol. The number of methoxy groups -OCH3 is 1. The zero-order valence-corrected chi connectivity index (χ0v) is 20.5. The van der Waals surface area contributed by atoms with E-state index in [2.05, 4.69) is 27.0 Å². The highest BCUT2D eigenvalue weighted by Crippen LogP contribution is 2.21. The minimum absolute atomic E-state index is 0.0694. The Morgan fingerprint density at radius 1 is 1.17 bits per heavy atom. The molecule has 10 heteroatoms. The molecule has 1 N–H and O–H groups in total. The number of anilines is 1. The fraction of sp³-hybridized carbons (Fsp3) is 0.480. The Bertz CT molecular complexity index is 1040. The molecule has 1 aromatic heterocycles. The first-order valence-electron chi connectivity index (χ1n) is 11.6. The van der Waals surface area contributed by atoms with Crippen molar-refractivity contribution in [2.45, 2.75) is 44.9 Å². The van der Waals surface area contributed by atoms with E-state index in [1.807, 2.05) is 18.7 Å². The molecule has 3 atom stereocenters. The summed E-state index contributed by atoms with van der Waals surface area (Å²) in [5.74, 6) is -2.16. The molecule has 3 unspecified atom stereocenters. The minimum Gasteiger partial charge on any atom is -0.494 e. The maximum Gasteiger partial charge on any atom is 0.272 e. The molecule has 2 saturated heterocycles. The number of likely N-dealkylation sites (N-methyl/N-ethyl adjacent to an activating group) is 1. The van der Waals surface area contributed by atoms with Crippen LogP contribution in [0, 0.1) is 11.6 Å². The van der Waals surface area contributed by atoms with Crippen LogP contribution in [0.25, 0.3) is 0 Å². The van der Waals surface area contributed by atoms with Gasteiger partial charge in [-0.25, -0.2) is 4.39 Å². The van der Waals surface area contributed by atoms with E-state index in [9.17, 15) is 18.4 Å². The van der Waals surface area contributed by atoms with E-state index in [0.29, 0.717) is 17.9 Å². The molecule has 0 aliphatic carbocycles. The Morgan fingerprint density at radius 3 is 2.57 bits per heavy atom. The molecule has 0 radical (unpaired) electrons. The SMILES string of the molecule is CC1CCC(C(=O)Nc2ccnc(C(=O)N3CCN(C)CC3C)c2)O1.COc1cccc(F)c1F. The first kappa shape index (κ1) is 26.5. The molecule has 0 saturated carbocycles. The number of ether oxygens (including phenoxy) is 2. The molecule has 1 aromatic carbocycles. The summed E-state index contributed by atoms with van der Waals surface area (Å²) in [7, 11) is 3.34. The molecule has 190 valence electrons. The van der Waals surface area contributed by atoms with Crippen molar-refractivity contribution in [1.29, 1.82) is 0 Å². The van der Waals surface area contributed by atoms with Gasteiger partial charge in [-0.15, -0.1) is 0 Å². The van der Waals surface area contributed by atoms with E-state index in [1.54, 1.807) is 18.3 Å². The van der Waals surface area contributed by atoms with Gasteiger partial charge in [0.05, 0.1) is 13.2 Å². The highest BCUT2D eigenvalue weighted by atomic mass is 19.2. The van der Waals surface area contributed by atoms with Gasteiger partial charge in [-0.3, -0.25) is 14.6 Å². The van der Waals surface area contributed by atoms with Crippen LogP contribution in [0.2, 0.25) is 0 Å². The highest BCUT2D eigenvalue weighted by molar-refractivity contribution is 5.97. The van der Waals surface area contributed by atoms with Crippen LogP contribution in [-0.2, 0) is 9.53 Å². The number of carbonyl (C=O) groups is 2. The number of hydrogen-bond acceptors (Lipinski definition) is 6. The number of nitrogens with one attached hydrogen (secondary N) is 1. The van der Waals surface area contributed by atoms with Gasteiger partial charge in [0.15, 0.2) is 11.6 Å². The van der Waals surface area contributed by atoms with Crippen LogP contribution in [0.4, 0.5) is 14.5 Å². The summed E-state index contributed by atoms with van der Waals surface area (Å²) in [6.07, 6.45) is 2.87. The first-order valence-corrected chi connectivity index (χ1v) is 11.6. The molecule has 2 aliphatic heterocycles. The van der Waals surface area contributed by atoms with Gasteiger partial charge in [0.1, 0.15) is 11.8 Å². The van der Waals surface area contributed by atoms with E-state index in [0.717, 1.165) is 32.0 Å². The van der Waals surface area contributed by atoms with Gasteiger partial charge in [-0.1, -0.05) is 6.07 Å². The van der Waals surface area contributed by atoms with Gasteiger partial charge in [0.25, 0.3) is 11.8 Å². The fourth-order valence-electron chi connectivity index (χ4n) is 4.07. The molecule has 8 nitrogen and oxygen atoms in total. The van der Waals surface area contributed by atoms with Crippen molar-refractivity contribution >= 4 is 17.5 Å².